The third-order valence-corrected chi connectivity index (χ3v) is 7.06. The van der Waals surface area contributed by atoms with Gasteiger partial charge >= 0.3 is 0 Å². The third-order valence-electron chi connectivity index (χ3n) is 5.99. The molecule has 0 saturated carbocycles. The number of para-hydroxylation sites is 1. The Labute approximate surface area is 203 Å². The molecular weight excluding hydrogens is 440 g/mol. The number of nitrogens with zero attached hydrogens (tertiary/aromatic N) is 2. The number of H-pyrrole nitrogens is 1. The van der Waals surface area contributed by atoms with E-state index in [4.69, 9.17) is 0 Å². The fourth-order valence-corrected chi connectivity index (χ4v) is 5.07. The second kappa shape index (κ2) is 9.69. The molecular formula is C28H26N4OS. The topological polar surface area (TPSA) is 69.6 Å². The second-order valence-corrected chi connectivity index (χ2v) is 9.86. The van der Waals surface area contributed by atoms with E-state index in [0.717, 1.165) is 33.3 Å². The molecule has 1 amide bonds. The minimum absolute atomic E-state index is 0.0241. The molecule has 0 radical (unpaired) electrons. The van der Waals surface area contributed by atoms with Gasteiger partial charge in [-0.1, -0.05) is 98.4 Å². The van der Waals surface area contributed by atoms with Crippen LogP contribution in [0.3, 0.4) is 0 Å². The number of fused-ring (bicyclic) bond motifs is 1. The standard InChI is InChI=1S/C28H26N4OS/c1-18(2)20-14-12-19(13-15-20)16-25-27(33)31-28(34-25)32-29-17-23-22-10-6-7-11-24(22)30-26(23)21-8-4-3-5-9-21/h3-15,17-18,25,30H,16H2,1-2H3,(H,31,32,33)/b29-17+. The zero-order valence-electron chi connectivity index (χ0n) is 19.2. The third kappa shape index (κ3) is 4.68. The maximum Gasteiger partial charge on any atom is 0.239 e. The average Bonchev–Trinajstić information content (AvgIpc) is 3.40. The first-order valence-electron chi connectivity index (χ1n) is 11.4. The highest BCUT2D eigenvalue weighted by Gasteiger charge is 2.30. The molecule has 1 aliphatic rings. The summed E-state index contributed by atoms with van der Waals surface area (Å²) in [7, 11) is 0. The lowest BCUT2D eigenvalue weighted by molar-refractivity contribution is -0.118. The van der Waals surface area contributed by atoms with Gasteiger partial charge in [-0.2, -0.15) is 5.10 Å². The molecule has 1 aliphatic heterocycles. The summed E-state index contributed by atoms with van der Waals surface area (Å²) in [5.74, 6) is 0.471. The fraction of sp³-hybridized carbons (Fsp3) is 0.179. The number of aromatic nitrogens is 1. The largest absolute Gasteiger partial charge is 0.354 e. The Hall–Kier alpha value is -3.64. The summed E-state index contributed by atoms with van der Waals surface area (Å²) in [5.41, 5.74) is 6.55. The lowest BCUT2D eigenvalue weighted by atomic mass is 10.0. The highest BCUT2D eigenvalue weighted by atomic mass is 32.2. The zero-order valence-corrected chi connectivity index (χ0v) is 20.0. The molecule has 4 aromatic rings. The number of nitrogens with one attached hydrogen (secondary N) is 2. The molecule has 34 heavy (non-hydrogen) atoms. The molecule has 2 N–H and O–H groups in total. The van der Waals surface area contributed by atoms with E-state index in [2.05, 4.69) is 82.9 Å². The predicted molar refractivity (Wildman–Crippen MR) is 143 cm³/mol. The number of carbonyl (C=O) groups is 1. The van der Waals surface area contributed by atoms with Crippen LogP contribution in [0.25, 0.3) is 22.2 Å². The van der Waals surface area contributed by atoms with Crippen molar-refractivity contribution < 1.29 is 4.79 Å². The Kier molecular flexibility index (Phi) is 6.32. The lowest BCUT2D eigenvalue weighted by Crippen LogP contribution is -2.25. The summed E-state index contributed by atoms with van der Waals surface area (Å²) in [4.78, 5) is 16.0. The van der Waals surface area contributed by atoms with Gasteiger partial charge < -0.3 is 10.3 Å². The number of benzene rings is 3. The van der Waals surface area contributed by atoms with Gasteiger partial charge in [-0.3, -0.25) is 4.79 Å². The summed E-state index contributed by atoms with van der Waals surface area (Å²) < 4.78 is 0. The van der Waals surface area contributed by atoms with Gasteiger partial charge in [0.15, 0.2) is 5.17 Å². The number of rotatable bonds is 6. The van der Waals surface area contributed by atoms with Crippen LogP contribution in [0.2, 0.25) is 0 Å². The van der Waals surface area contributed by atoms with Crippen LogP contribution in [0.4, 0.5) is 0 Å². The predicted octanol–water partition coefficient (Wildman–Crippen LogP) is 6.12. The van der Waals surface area contributed by atoms with Gasteiger partial charge in [0.2, 0.25) is 5.91 Å². The van der Waals surface area contributed by atoms with E-state index in [0.29, 0.717) is 17.5 Å². The number of thioether (sulfide) groups is 1. The van der Waals surface area contributed by atoms with Crippen LogP contribution in [-0.2, 0) is 11.2 Å². The van der Waals surface area contributed by atoms with E-state index in [9.17, 15) is 4.79 Å². The van der Waals surface area contributed by atoms with Crippen molar-refractivity contribution in [2.45, 2.75) is 31.4 Å². The lowest BCUT2D eigenvalue weighted by Gasteiger charge is -2.08. The normalized spacial score (nSPS) is 17.3. The second-order valence-electron chi connectivity index (χ2n) is 8.67. The number of hydrogen-bond acceptors (Lipinski definition) is 4. The van der Waals surface area contributed by atoms with Crippen molar-refractivity contribution in [2.24, 2.45) is 10.2 Å². The van der Waals surface area contributed by atoms with E-state index in [1.54, 1.807) is 6.21 Å². The highest BCUT2D eigenvalue weighted by Crippen LogP contribution is 2.29. The molecule has 1 saturated heterocycles. The SMILES string of the molecule is CC(C)c1ccc(CC2S/C(=N/N=C/c3c(-c4ccccc4)[nH]c4ccccc34)NC2=O)cc1. The van der Waals surface area contributed by atoms with Crippen LogP contribution in [-0.4, -0.2) is 27.5 Å². The van der Waals surface area contributed by atoms with Gasteiger partial charge in [-0.15, -0.1) is 5.10 Å². The Morgan fingerprint density at radius 3 is 2.47 bits per heavy atom. The summed E-state index contributed by atoms with van der Waals surface area (Å²) in [6.45, 7) is 4.36. The van der Waals surface area contributed by atoms with Gasteiger partial charge in [0.25, 0.3) is 0 Å². The summed E-state index contributed by atoms with van der Waals surface area (Å²) in [5, 5.41) is 13.0. The summed E-state index contributed by atoms with van der Waals surface area (Å²) in [6.07, 6.45) is 2.43. The van der Waals surface area contributed by atoms with E-state index >= 15 is 0 Å². The molecule has 1 fully saturated rings. The Morgan fingerprint density at radius 1 is 0.971 bits per heavy atom. The van der Waals surface area contributed by atoms with Crippen LogP contribution in [0.15, 0.2) is 89.1 Å². The minimum Gasteiger partial charge on any atom is -0.354 e. The monoisotopic (exact) mass is 466 g/mol. The van der Waals surface area contributed by atoms with Crippen molar-refractivity contribution in [1.82, 2.24) is 10.3 Å². The first kappa shape index (κ1) is 22.2. The summed E-state index contributed by atoms with van der Waals surface area (Å²) in [6, 6.07) is 26.8. The van der Waals surface area contributed by atoms with Crippen molar-refractivity contribution in [1.29, 1.82) is 0 Å². The van der Waals surface area contributed by atoms with Gasteiger partial charge in [0, 0.05) is 16.5 Å². The molecule has 0 bridgehead atoms. The van der Waals surface area contributed by atoms with Crippen LogP contribution in [0, 0.1) is 0 Å². The van der Waals surface area contributed by atoms with Crippen LogP contribution in [0.1, 0.15) is 36.5 Å². The van der Waals surface area contributed by atoms with E-state index in [-0.39, 0.29) is 11.2 Å². The molecule has 1 atom stereocenters. The molecule has 3 aromatic carbocycles. The van der Waals surface area contributed by atoms with Gasteiger partial charge in [0.1, 0.15) is 0 Å². The highest BCUT2D eigenvalue weighted by molar-refractivity contribution is 8.15. The number of aromatic amines is 1. The average molecular weight is 467 g/mol. The van der Waals surface area contributed by atoms with Crippen molar-refractivity contribution in [3.8, 4) is 11.3 Å². The van der Waals surface area contributed by atoms with Gasteiger partial charge in [-0.05, 0) is 35.1 Å². The van der Waals surface area contributed by atoms with Crippen LogP contribution < -0.4 is 5.32 Å². The maximum absolute atomic E-state index is 12.5. The molecule has 1 aromatic heterocycles. The molecule has 0 aliphatic carbocycles. The van der Waals surface area contributed by atoms with Gasteiger partial charge in [0.05, 0.1) is 17.2 Å². The van der Waals surface area contributed by atoms with Crippen molar-refractivity contribution >= 4 is 40.0 Å². The van der Waals surface area contributed by atoms with Crippen molar-refractivity contribution in [3.63, 3.8) is 0 Å². The fourth-order valence-electron chi connectivity index (χ4n) is 4.11. The Morgan fingerprint density at radius 2 is 1.71 bits per heavy atom. The number of amides is 1. The minimum atomic E-state index is -0.202. The summed E-state index contributed by atoms with van der Waals surface area (Å²) >= 11 is 1.43. The number of hydrogen-bond donors (Lipinski definition) is 2. The molecule has 2 heterocycles. The molecule has 0 spiro atoms. The van der Waals surface area contributed by atoms with Crippen LogP contribution in [0.5, 0.6) is 0 Å². The molecule has 5 rings (SSSR count). The Balaban J connectivity index is 1.34. The first-order chi connectivity index (χ1) is 16.6. The van der Waals surface area contributed by atoms with E-state index in [1.165, 1.54) is 17.3 Å². The van der Waals surface area contributed by atoms with Crippen molar-refractivity contribution in [2.75, 3.05) is 0 Å². The Bertz CT molecular complexity index is 1370. The molecule has 1 unspecified atom stereocenters. The molecule has 170 valence electrons. The molecule has 5 nitrogen and oxygen atoms in total. The number of amidine groups is 1. The quantitative estimate of drug-likeness (QED) is 0.265. The zero-order chi connectivity index (χ0) is 23.5. The first-order valence-corrected chi connectivity index (χ1v) is 12.3. The van der Waals surface area contributed by atoms with E-state index in [1.807, 2.05) is 30.3 Å². The number of carbonyl (C=O) groups excluding carboxylic acids is 1. The smallest absolute Gasteiger partial charge is 0.239 e. The molecule has 6 heteroatoms. The van der Waals surface area contributed by atoms with E-state index < -0.39 is 0 Å². The van der Waals surface area contributed by atoms with Crippen LogP contribution >= 0.6 is 11.8 Å². The van der Waals surface area contributed by atoms with Crippen molar-refractivity contribution in [3.05, 3.63) is 95.6 Å². The van der Waals surface area contributed by atoms with Gasteiger partial charge in [-0.25, -0.2) is 0 Å². The maximum atomic E-state index is 12.5.